The SMILES string of the molecule is O=C(CN1CCN(Cc2ccc([N+](=O)[O-])cc2)CC1)NCc1ccccn1. The van der Waals surface area contributed by atoms with E-state index in [4.69, 9.17) is 0 Å². The molecule has 1 N–H and O–H groups in total. The van der Waals surface area contributed by atoms with Gasteiger partial charge in [-0.3, -0.25) is 29.7 Å². The van der Waals surface area contributed by atoms with Crippen LogP contribution in [0.25, 0.3) is 0 Å². The molecule has 1 saturated heterocycles. The standard InChI is InChI=1S/C19H23N5O3/c25-19(21-13-17-3-1-2-8-20-17)15-23-11-9-22(10-12-23)14-16-4-6-18(7-5-16)24(26)27/h1-8H,9-15H2,(H,21,25). The van der Waals surface area contributed by atoms with Crippen molar-refractivity contribution in [2.24, 2.45) is 0 Å². The van der Waals surface area contributed by atoms with Crippen LogP contribution in [0.15, 0.2) is 48.7 Å². The lowest BCUT2D eigenvalue weighted by Gasteiger charge is -2.34. The second-order valence-corrected chi connectivity index (χ2v) is 6.57. The second-order valence-electron chi connectivity index (χ2n) is 6.57. The van der Waals surface area contributed by atoms with E-state index in [1.54, 1.807) is 18.3 Å². The molecule has 1 aromatic carbocycles. The molecule has 142 valence electrons. The van der Waals surface area contributed by atoms with Gasteiger partial charge in [-0.05, 0) is 17.7 Å². The number of hydrogen-bond acceptors (Lipinski definition) is 6. The van der Waals surface area contributed by atoms with Crippen LogP contribution in [0.2, 0.25) is 0 Å². The van der Waals surface area contributed by atoms with Gasteiger partial charge in [-0.2, -0.15) is 0 Å². The van der Waals surface area contributed by atoms with Gasteiger partial charge in [0.2, 0.25) is 5.91 Å². The summed E-state index contributed by atoms with van der Waals surface area (Å²) in [5.41, 5.74) is 2.02. The summed E-state index contributed by atoms with van der Waals surface area (Å²) in [5.74, 6) is 0.00414. The Morgan fingerprint density at radius 3 is 2.41 bits per heavy atom. The first kappa shape index (κ1) is 18.9. The molecule has 0 saturated carbocycles. The molecular weight excluding hydrogens is 346 g/mol. The number of hydrogen-bond donors (Lipinski definition) is 1. The third kappa shape index (κ3) is 5.83. The first-order valence-electron chi connectivity index (χ1n) is 8.95. The summed E-state index contributed by atoms with van der Waals surface area (Å²) < 4.78 is 0. The van der Waals surface area contributed by atoms with E-state index in [1.807, 2.05) is 18.2 Å². The monoisotopic (exact) mass is 369 g/mol. The fourth-order valence-electron chi connectivity index (χ4n) is 3.04. The lowest BCUT2D eigenvalue weighted by atomic mass is 10.2. The number of nitrogens with one attached hydrogen (secondary N) is 1. The van der Waals surface area contributed by atoms with Gasteiger partial charge >= 0.3 is 0 Å². The van der Waals surface area contributed by atoms with Crippen molar-refractivity contribution in [2.45, 2.75) is 13.1 Å². The summed E-state index contributed by atoms with van der Waals surface area (Å²) in [4.78, 5) is 31.0. The summed E-state index contributed by atoms with van der Waals surface area (Å²) in [5, 5.41) is 13.6. The highest BCUT2D eigenvalue weighted by Crippen LogP contribution is 2.14. The second kappa shape index (κ2) is 9.20. The molecule has 1 aliphatic heterocycles. The van der Waals surface area contributed by atoms with Gasteiger partial charge in [-0.1, -0.05) is 18.2 Å². The van der Waals surface area contributed by atoms with Gasteiger partial charge in [0.1, 0.15) is 0 Å². The van der Waals surface area contributed by atoms with Crippen molar-refractivity contribution in [3.8, 4) is 0 Å². The molecule has 1 fully saturated rings. The molecule has 0 bridgehead atoms. The first-order valence-corrected chi connectivity index (χ1v) is 8.95. The molecule has 0 atom stereocenters. The molecule has 0 spiro atoms. The number of nitro groups is 1. The summed E-state index contributed by atoms with van der Waals surface area (Å²) in [6.07, 6.45) is 1.71. The zero-order valence-electron chi connectivity index (χ0n) is 15.1. The van der Waals surface area contributed by atoms with Crippen molar-refractivity contribution in [2.75, 3.05) is 32.7 Å². The van der Waals surface area contributed by atoms with Crippen molar-refractivity contribution >= 4 is 11.6 Å². The summed E-state index contributed by atoms with van der Waals surface area (Å²) in [7, 11) is 0. The van der Waals surface area contributed by atoms with Crippen LogP contribution in [0.3, 0.4) is 0 Å². The number of nitrogens with zero attached hydrogens (tertiary/aromatic N) is 4. The molecular formula is C19H23N5O3. The number of amides is 1. The number of carbonyl (C=O) groups is 1. The molecule has 2 aromatic rings. The van der Waals surface area contributed by atoms with Gasteiger partial charge < -0.3 is 5.32 Å². The number of rotatable bonds is 7. The van der Waals surface area contributed by atoms with Crippen LogP contribution in [0.4, 0.5) is 5.69 Å². The van der Waals surface area contributed by atoms with Crippen LogP contribution in [0.1, 0.15) is 11.3 Å². The fourth-order valence-corrected chi connectivity index (χ4v) is 3.04. The number of pyridine rings is 1. The van der Waals surface area contributed by atoms with E-state index in [0.29, 0.717) is 13.1 Å². The average Bonchev–Trinajstić information content (AvgIpc) is 2.69. The van der Waals surface area contributed by atoms with Gasteiger partial charge in [-0.25, -0.2) is 0 Å². The highest BCUT2D eigenvalue weighted by Gasteiger charge is 2.19. The van der Waals surface area contributed by atoms with E-state index < -0.39 is 0 Å². The zero-order valence-corrected chi connectivity index (χ0v) is 15.1. The Hall–Kier alpha value is -2.84. The third-order valence-electron chi connectivity index (χ3n) is 4.58. The molecule has 3 rings (SSSR count). The quantitative estimate of drug-likeness (QED) is 0.586. The molecule has 1 aliphatic rings. The van der Waals surface area contributed by atoms with Crippen LogP contribution < -0.4 is 5.32 Å². The molecule has 2 heterocycles. The Morgan fingerprint density at radius 1 is 1.07 bits per heavy atom. The molecule has 1 amide bonds. The van der Waals surface area contributed by atoms with Crippen molar-refractivity contribution in [3.63, 3.8) is 0 Å². The van der Waals surface area contributed by atoms with Crippen molar-refractivity contribution in [1.82, 2.24) is 20.1 Å². The number of piperazine rings is 1. The van der Waals surface area contributed by atoms with Gasteiger partial charge in [0.25, 0.3) is 5.69 Å². The van der Waals surface area contributed by atoms with Crippen LogP contribution >= 0.6 is 0 Å². The van der Waals surface area contributed by atoms with E-state index in [-0.39, 0.29) is 16.5 Å². The topological polar surface area (TPSA) is 91.6 Å². The molecule has 0 radical (unpaired) electrons. The summed E-state index contributed by atoms with van der Waals surface area (Å²) in [6.45, 7) is 4.97. The number of nitro benzene ring substituents is 1. The molecule has 8 nitrogen and oxygen atoms in total. The van der Waals surface area contributed by atoms with Gasteiger partial charge in [0.15, 0.2) is 0 Å². The highest BCUT2D eigenvalue weighted by atomic mass is 16.6. The smallest absolute Gasteiger partial charge is 0.269 e. The number of carbonyl (C=O) groups excluding carboxylic acids is 1. The van der Waals surface area contributed by atoms with Gasteiger partial charge in [0, 0.05) is 51.1 Å². The van der Waals surface area contributed by atoms with Crippen molar-refractivity contribution < 1.29 is 9.72 Å². The normalized spacial score (nSPS) is 15.4. The number of benzene rings is 1. The number of aromatic nitrogens is 1. The van der Waals surface area contributed by atoms with Crippen LogP contribution in [0.5, 0.6) is 0 Å². The lowest BCUT2D eigenvalue weighted by molar-refractivity contribution is -0.384. The third-order valence-corrected chi connectivity index (χ3v) is 4.58. The van der Waals surface area contributed by atoms with E-state index >= 15 is 0 Å². The summed E-state index contributed by atoms with van der Waals surface area (Å²) >= 11 is 0. The Morgan fingerprint density at radius 2 is 1.78 bits per heavy atom. The van der Waals surface area contributed by atoms with Crippen molar-refractivity contribution in [3.05, 3.63) is 70.0 Å². The average molecular weight is 369 g/mol. The summed E-state index contributed by atoms with van der Waals surface area (Å²) in [6, 6.07) is 12.3. The maximum absolute atomic E-state index is 12.1. The van der Waals surface area contributed by atoms with E-state index in [2.05, 4.69) is 20.1 Å². The minimum Gasteiger partial charge on any atom is -0.349 e. The molecule has 1 aromatic heterocycles. The van der Waals surface area contributed by atoms with Crippen LogP contribution in [0, 0.1) is 10.1 Å². The number of non-ortho nitro benzene ring substituents is 1. The predicted molar refractivity (Wildman–Crippen MR) is 101 cm³/mol. The Bertz CT molecular complexity index is 759. The molecule has 0 aliphatic carbocycles. The Labute approximate surface area is 158 Å². The zero-order chi connectivity index (χ0) is 19.1. The van der Waals surface area contributed by atoms with E-state index in [9.17, 15) is 14.9 Å². The molecule has 0 unspecified atom stereocenters. The minimum atomic E-state index is -0.387. The van der Waals surface area contributed by atoms with E-state index in [1.165, 1.54) is 12.1 Å². The lowest BCUT2D eigenvalue weighted by Crippen LogP contribution is -2.49. The molecule has 27 heavy (non-hydrogen) atoms. The van der Waals surface area contributed by atoms with Crippen molar-refractivity contribution in [1.29, 1.82) is 0 Å². The van der Waals surface area contributed by atoms with Gasteiger partial charge in [0.05, 0.1) is 23.7 Å². The maximum atomic E-state index is 12.1. The fraction of sp³-hybridized carbons (Fsp3) is 0.368. The largest absolute Gasteiger partial charge is 0.349 e. The van der Waals surface area contributed by atoms with Gasteiger partial charge in [-0.15, -0.1) is 0 Å². The Kier molecular flexibility index (Phi) is 6.45. The first-order chi connectivity index (χ1) is 13.1. The maximum Gasteiger partial charge on any atom is 0.269 e. The van der Waals surface area contributed by atoms with E-state index in [0.717, 1.165) is 44.0 Å². The molecule has 8 heteroatoms. The predicted octanol–water partition coefficient (Wildman–Crippen LogP) is 1.42. The van der Waals surface area contributed by atoms with Crippen LogP contribution in [-0.2, 0) is 17.9 Å². The Balaban J connectivity index is 1.38. The minimum absolute atomic E-state index is 0.00414. The highest BCUT2D eigenvalue weighted by molar-refractivity contribution is 5.77. The van der Waals surface area contributed by atoms with Crippen LogP contribution in [-0.4, -0.2) is 58.3 Å².